The van der Waals surface area contributed by atoms with Gasteiger partial charge < -0.3 is 10.1 Å². The number of hydrogen-bond donors (Lipinski definition) is 1. The lowest BCUT2D eigenvalue weighted by Crippen LogP contribution is -2.47. The van der Waals surface area contributed by atoms with Gasteiger partial charge in [0.1, 0.15) is 17.5 Å². The minimum Gasteiger partial charge on any atom is -0.497 e. The molecule has 0 aliphatic heterocycles. The van der Waals surface area contributed by atoms with Crippen LogP contribution in [0.5, 0.6) is 5.75 Å². The molecule has 1 aromatic heterocycles. The van der Waals surface area contributed by atoms with Crippen LogP contribution in [0.15, 0.2) is 73.2 Å². The highest BCUT2D eigenvalue weighted by molar-refractivity contribution is 6.09. The molecular weight excluding hydrogens is 416 g/mol. The van der Waals surface area contributed by atoms with E-state index >= 15 is 0 Å². The first kappa shape index (κ1) is 22.5. The van der Waals surface area contributed by atoms with Crippen molar-refractivity contribution in [3.63, 3.8) is 0 Å². The van der Waals surface area contributed by atoms with Crippen LogP contribution in [0.4, 0.5) is 5.69 Å². The molecule has 2 amide bonds. The summed E-state index contributed by atoms with van der Waals surface area (Å²) in [6.07, 6.45) is 9.67. The fourth-order valence-corrected chi connectivity index (χ4v) is 4.26. The van der Waals surface area contributed by atoms with Gasteiger partial charge in [-0.1, -0.05) is 55.7 Å². The van der Waals surface area contributed by atoms with Crippen LogP contribution in [-0.2, 0) is 4.79 Å². The molecular formula is C26H28N4O3. The Balaban J connectivity index is 1.79. The summed E-state index contributed by atoms with van der Waals surface area (Å²) >= 11 is 0. The highest BCUT2D eigenvalue weighted by atomic mass is 16.5. The number of aromatic nitrogens is 2. The van der Waals surface area contributed by atoms with Crippen LogP contribution in [0.3, 0.4) is 0 Å². The monoisotopic (exact) mass is 444 g/mol. The average molecular weight is 445 g/mol. The Morgan fingerprint density at radius 3 is 2.52 bits per heavy atom. The summed E-state index contributed by atoms with van der Waals surface area (Å²) in [5.41, 5.74) is 1.41. The molecule has 170 valence electrons. The normalized spacial score (nSPS) is 14.8. The molecule has 7 nitrogen and oxygen atoms in total. The summed E-state index contributed by atoms with van der Waals surface area (Å²) < 4.78 is 5.39. The molecule has 33 heavy (non-hydrogen) atoms. The summed E-state index contributed by atoms with van der Waals surface area (Å²) in [5, 5.41) is 3.20. The molecule has 1 heterocycles. The highest BCUT2D eigenvalue weighted by Crippen LogP contribution is 2.32. The molecule has 3 aromatic rings. The molecule has 0 bridgehead atoms. The molecule has 4 rings (SSSR count). The van der Waals surface area contributed by atoms with Crippen molar-refractivity contribution in [2.75, 3.05) is 12.0 Å². The Labute approximate surface area is 193 Å². The van der Waals surface area contributed by atoms with E-state index in [9.17, 15) is 9.59 Å². The van der Waals surface area contributed by atoms with Crippen molar-refractivity contribution in [3.8, 4) is 5.75 Å². The zero-order valence-electron chi connectivity index (χ0n) is 18.7. The van der Waals surface area contributed by atoms with Gasteiger partial charge in [0.2, 0.25) is 5.91 Å². The van der Waals surface area contributed by atoms with Gasteiger partial charge in [0.15, 0.2) is 0 Å². The van der Waals surface area contributed by atoms with E-state index in [0.717, 1.165) is 25.7 Å². The van der Waals surface area contributed by atoms with Crippen LogP contribution >= 0.6 is 0 Å². The van der Waals surface area contributed by atoms with E-state index in [0.29, 0.717) is 17.0 Å². The Bertz CT molecular complexity index is 1070. The van der Waals surface area contributed by atoms with Crippen molar-refractivity contribution in [1.29, 1.82) is 0 Å². The Kier molecular flexibility index (Phi) is 7.29. The average Bonchev–Trinajstić information content (AvgIpc) is 2.88. The molecule has 1 unspecified atom stereocenters. The second-order valence-corrected chi connectivity index (χ2v) is 8.12. The summed E-state index contributed by atoms with van der Waals surface area (Å²) in [6, 6.07) is 15.7. The van der Waals surface area contributed by atoms with Crippen LogP contribution in [-0.4, -0.2) is 34.9 Å². The minimum atomic E-state index is -0.880. The number of anilines is 1. The molecule has 0 spiro atoms. The zero-order chi connectivity index (χ0) is 23.0. The minimum absolute atomic E-state index is 0.108. The SMILES string of the molecule is COc1cccc(N(C(=O)c2cnccn2)C(C(=O)NC2CCCCC2)c2ccccc2)c1. The smallest absolute Gasteiger partial charge is 0.279 e. The number of nitrogens with one attached hydrogen (secondary N) is 1. The number of nitrogens with zero attached hydrogens (tertiary/aromatic N) is 3. The van der Waals surface area contributed by atoms with Crippen molar-refractivity contribution >= 4 is 17.5 Å². The van der Waals surface area contributed by atoms with Crippen molar-refractivity contribution in [1.82, 2.24) is 15.3 Å². The number of carbonyl (C=O) groups is 2. The molecule has 1 N–H and O–H groups in total. The van der Waals surface area contributed by atoms with Crippen molar-refractivity contribution in [2.45, 2.75) is 44.2 Å². The summed E-state index contributed by atoms with van der Waals surface area (Å²) in [6.45, 7) is 0. The number of ether oxygens (including phenoxy) is 1. The van der Waals surface area contributed by atoms with Crippen LogP contribution in [0.2, 0.25) is 0 Å². The summed E-state index contributed by atoms with van der Waals surface area (Å²) in [4.78, 5) is 37.2. The lowest BCUT2D eigenvalue weighted by molar-refractivity contribution is -0.123. The van der Waals surface area contributed by atoms with Gasteiger partial charge >= 0.3 is 0 Å². The van der Waals surface area contributed by atoms with E-state index in [1.165, 1.54) is 29.9 Å². The van der Waals surface area contributed by atoms with Crippen molar-refractivity contribution < 1.29 is 14.3 Å². The van der Waals surface area contributed by atoms with E-state index in [1.54, 1.807) is 31.4 Å². The second kappa shape index (κ2) is 10.7. The molecule has 1 aliphatic carbocycles. The maximum atomic E-state index is 13.8. The van der Waals surface area contributed by atoms with E-state index in [-0.39, 0.29) is 17.6 Å². The predicted octanol–water partition coefficient (Wildman–Crippen LogP) is 4.32. The Hall–Kier alpha value is -3.74. The quantitative estimate of drug-likeness (QED) is 0.587. The summed E-state index contributed by atoms with van der Waals surface area (Å²) in [5.74, 6) is -0.0406. The van der Waals surface area contributed by atoms with Crippen LogP contribution < -0.4 is 15.0 Å². The Morgan fingerprint density at radius 1 is 1.03 bits per heavy atom. The van der Waals surface area contributed by atoms with Crippen LogP contribution in [0.1, 0.15) is 54.2 Å². The molecule has 7 heteroatoms. The zero-order valence-corrected chi connectivity index (χ0v) is 18.7. The number of rotatable bonds is 7. The molecule has 1 fully saturated rings. The van der Waals surface area contributed by atoms with Crippen molar-refractivity contribution in [3.05, 3.63) is 84.4 Å². The number of hydrogen-bond acceptors (Lipinski definition) is 5. The fraction of sp³-hybridized carbons (Fsp3) is 0.308. The number of benzene rings is 2. The second-order valence-electron chi connectivity index (χ2n) is 8.12. The maximum Gasteiger partial charge on any atom is 0.279 e. The van der Waals surface area contributed by atoms with Gasteiger partial charge in [0.25, 0.3) is 5.91 Å². The molecule has 2 aromatic carbocycles. The van der Waals surface area contributed by atoms with E-state index in [1.807, 2.05) is 30.3 Å². The topological polar surface area (TPSA) is 84.4 Å². The molecule has 0 saturated heterocycles. The molecule has 1 saturated carbocycles. The lowest BCUT2D eigenvalue weighted by Gasteiger charge is -2.33. The van der Waals surface area contributed by atoms with Gasteiger partial charge in [0.05, 0.1) is 13.3 Å². The van der Waals surface area contributed by atoms with Crippen molar-refractivity contribution in [2.24, 2.45) is 0 Å². The predicted molar refractivity (Wildman–Crippen MR) is 126 cm³/mol. The van der Waals surface area contributed by atoms with E-state index in [2.05, 4.69) is 15.3 Å². The summed E-state index contributed by atoms with van der Waals surface area (Å²) in [7, 11) is 1.57. The third-order valence-electron chi connectivity index (χ3n) is 5.91. The van der Waals surface area contributed by atoms with Gasteiger partial charge in [-0.2, -0.15) is 0 Å². The first-order valence-electron chi connectivity index (χ1n) is 11.3. The van der Waals surface area contributed by atoms with E-state index < -0.39 is 11.9 Å². The standard InChI is InChI=1S/C26H28N4O3/c1-33-22-14-8-13-21(17-22)30(26(32)23-18-27-15-16-28-23)24(19-9-4-2-5-10-19)25(31)29-20-11-6-3-7-12-20/h2,4-5,8-10,13-18,20,24H,3,6-7,11-12H2,1H3,(H,29,31). The van der Waals surface area contributed by atoms with Gasteiger partial charge in [0, 0.05) is 30.2 Å². The van der Waals surface area contributed by atoms with Crippen LogP contribution in [0, 0.1) is 0 Å². The molecule has 0 radical (unpaired) electrons. The van der Waals surface area contributed by atoms with Gasteiger partial charge in [-0.3, -0.25) is 19.5 Å². The third-order valence-corrected chi connectivity index (χ3v) is 5.91. The first-order chi connectivity index (χ1) is 16.2. The molecule has 1 aliphatic rings. The largest absolute Gasteiger partial charge is 0.497 e. The highest BCUT2D eigenvalue weighted by Gasteiger charge is 2.35. The van der Waals surface area contributed by atoms with E-state index in [4.69, 9.17) is 4.74 Å². The number of amides is 2. The lowest BCUT2D eigenvalue weighted by atomic mass is 9.94. The Morgan fingerprint density at radius 2 is 1.82 bits per heavy atom. The van der Waals surface area contributed by atoms with Crippen LogP contribution in [0.25, 0.3) is 0 Å². The fourth-order valence-electron chi connectivity index (χ4n) is 4.26. The third kappa shape index (κ3) is 5.37. The van der Waals surface area contributed by atoms with Gasteiger partial charge in [-0.15, -0.1) is 0 Å². The first-order valence-corrected chi connectivity index (χ1v) is 11.3. The molecule has 1 atom stereocenters. The van der Waals surface area contributed by atoms with Gasteiger partial charge in [-0.25, -0.2) is 4.98 Å². The number of methoxy groups -OCH3 is 1. The maximum absolute atomic E-state index is 13.8. The number of carbonyl (C=O) groups excluding carboxylic acids is 2. The van der Waals surface area contributed by atoms with Gasteiger partial charge in [-0.05, 0) is 30.5 Å².